The molecule has 3 unspecified atom stereocenters. The molecule has 0 radical (unpaired) electrons. The van der Waals surface area contributed by atoms with Crippen molar-refractivity contribution in [2.45, 2.75) is 31.6 Å². The molecule has 0 saturated carbocycles. The second-order valence-corrected chi connectivity index (χ2v) is 5.62. The lowest BCUT2D eigenvalue weighted by Crippen LogP contribution is -2.29. The predicted octanol–water partition coefficient (Wildman–Crippen LogP) is 2.07. The molecule has 2 rings (SSSR count). The Hall–Kier alpha value is -0.940. The highest BCUT2D eigenvalue weighted by atomic mass is 16.5. The number of hydrogen-bond donors (Lipinski definition) is 1. The number of ether oxygens (including phenoxy) is 2. The number of hydrogen-bond acceptors (Lipinski definition) is 4. The van der Waals surface area contributed by atoms with Gasteiger partial charge in [-0.3, -0.25) is 4.90 Å². The van der Waals surface area contributed by atoms with Crippen LogP contribution in [0.4, 0.5) is 0 Å². The largest absolute Gasteiger partial charge is 0.377 e. The Bertz CT molecular complexity index is 387. The van der Waals surface area contributed by atoms with Crippen LogP contribution in [0.5, 0.6) is 0 Å². The number of nitrogens with zero attached hydrogens (tertiary/aromatic N) is 1. The molecule has 1 saturated heterocycles. The molecule has 0 aliphatic carbocycles. The van der Waals surface area contributed by atoms with Crippen LogP contribution >= 0.6 is 0 Å². The Labute approximate surface area is 128 Å². The summed E-state index contributed by atoms with van der Waals surface area (Å²) in [7, 11) is 3.54. The number of likely N-dealkylation sites (tertiary alicyclic amines) is 1. The van der Waals surface area contributed by atoms with E-state index in [9.17, 15) is 0 Å². The Morgan fingerprint density at radius 3 is 2.29 bits per heavy atom. The van der Waals surface area contributed by atoms with Crippen molar-refractivity contribution >= 4 is 0 Å². The van der Waals surface area contributed by atoms with E-state index < -0.39 is 0 Å². The van der Waals surface area contributed by atoms with Crippen LogP contribution in [0.25, 0.3) is 0 Å². The first-order valence-corrected chi connectivity index (χ1v) is 7.84. The molecule has 4 nitrogen and oxygen atoms in total. The number of nitrogens with one attached hydrogen (secondary N) is 1. The van der Waals surface area contributed by atoms with Crippen molar-refractivity contribution in [2.24, 2.45) is 0 Å². The molecule has 1 heterocycles. The number of methoxy groups -OCH3 is 2. The minimum atomic E-state index is 0.198. The molecule has 0 amide bonds. The van der Waals surface area contributed by atoms with Gasteiger partial charge in [0.1, 0.15) is 0 Å². The fourth-order valence-corrected chi connectivity index (χ4v) is 3.08. The third-order valence-electron chi connectivity index (χ3n) is 4.28. The fourth-order valence-electron chi connectivity index (χ4n) is 3.08. The van der Waals surface area contributed by atoms with E-state index in [1.165, 1.54) is 5.56 Å². The van der Waals surface area contributed by atoms with Crippen LogP contribution in [-0.4, -0.2) is 57.5 Å². The quantitative estimate of drug-likeness (QED) is 0.795. The first kappa shape index (κ1) is 16.4. The zero-order chi connectivity index (χ0) is 15.1. The van der Waals surface area contributed by atoms with Gasteiger partial charge in [0.2, 0.25) is 0 Å². The molecular formula is C17H28N2O2. The van der Waals surface area contributed by atoms with Gasteiger partial charge in [0.15, 0.2) is 0 Å². The first-order chi connectivity index (χ1) is 10.3. The Morgan fingerprint density at radius 2 is 1.76 bits per heavy atom. The van der Waals surface area contributed by atoms with Gasteiger partial charge in [-0.2, -0.15) is 0 Å². The molecule has 1 N–H and O–H groups in total. The second kappa shape index (κ2) is 8.49. The normalized spacial score (nSPS) is 24.3. The lowest BCUT2D eigenvalue weighted by Gasteiger charge is -2.22. The maximum absolute atomic E-state index is 5.50. The topological polar surface area (TPSA) is 33.7 Å². The third kappa shape index (κ3) is 4.51. The lowest BCUT2D eigenvalue weighted by molar-refractivity contribution is -0.00461. The molecule has 3 atom stereocenters. The molecule has 0 spiro atoms. The number of rotatable bonds is 8. The van der Waals surface area contributed by atoms with Crippen molar-refractivity contribution in [1.29, 1.82) is 0 Å². The molecule has 21 heavy (non-hydrogen) atoms. The molecule has 0 aromatic heterocycles. The Morgan fingerprint density at radius 1 is 1.14 bits per heavy atom. The fraction of sp³-hybridized carbons (Fsp3) is 0.647. The smallest absolute Gasteiger partial charge is 0.0971 e. The van der Waals surface area contributed by atoms with Gasteiger partial charge in [0.25, 0.3) is 0 Å². The van der Waals surface area contributed by atoms with E-state index in [1.807, 2.05) is 0 Å². The highest BCUT2D eigenvalue weighted by Gasteiger charge is 2.32. The van der Waals surface area contributed by atoms with E-state index in [-0.39, 0.29) is 12.2 Å². The van der Waals surface area contributed by atoms with E-state index in [4.69, 9.17) is 9.47 Å². The molecule has 1 aliphatic heterocycles. The maximum atomic E-state index is 5.50. The molecule has 1 aromatic carbocycles. The van der Waals surface area contributed by atoms with Crippen LogP contribution in [0.2, 0.25) is 0 Å². The zero-order valence-corrected chi connectivity index (χ0v) is 13.4. The molecule has 0 bridgehead atoms. The molecule has 4 heteroatoms. The van der Waals surface area contributed by atoms with Gasteiger partial charge in [-0.05, 0) is 18.5 Å². The molecule has 1 aliphatic rings. The Balaban J connectivity index is 1.88. The van der Waals surface area contributed by atoms with E-state index in [0.29, 0.717) is 6.04 Å². The van der Waals surface area contributed by atoms with Crippen LogP contribution in [0.3, 0.4) is 0 Å². The van der Waals surface area contributed by atoms with Crippen molar-refractivity contribution in [3.8, 4) is 0 Å². The SMILES string of the molecule is CCNC(CCN1CC(OC)C(OC)C1)c1ccccc1. The van der Waals surface area contributed by atoms with E-state index in [1.54, 1.807) is 14.2 Å². The molecule has 118 valence electrons. The summed E-state index contributed by atoms with van der Waals surface area (Å²) in [5, 5.41) is 3.58. The van der Waals surface area contributed by atoms with Crippen LogP contribution < -0.4 is 5.32 Å². The predicted molar refractivity (Wildman–Crippen MR) is 85.5 cm³/mol. The summed E-state index contributed by atoms with van der Waals surface area (Å²) < 4.78 is 11.0. The van der Waals surface area contributed by atoms with Gasteiger partial charge >= 0.3 is 0 Å². The van der Waals surface area contributed by atoms with Crippen LogP contribution in [0.15, 0.2) is 30.3 Å². The monoisotopic (exact) mass is 292 g/mol. The van der Waals surface area contributed by atoms with Crippen LogP contribution in [0, 0.1) is 0 Å². The summed E-state index contributed by atoms with van der Waals surface area (Å²) in [6, 6.07) is 11.1. The standard InChI is InChI=1S/C17H28N2O2/c1-4-18-15(14-8-6-5-7-9-14)10-11-19-12-16(20-2)17(13-19)21-3/h5-9,15-18H,4,10-13H2,1-3H3. The lowest BCUT2D eigenvalue weighted by atomic mass is 10.0. The van der Waals surface area contributed by atoms with Gasteiger partial charge in [-0.15, -0.1) is 0 Å². The van der Waals surface area contributed by atoms with Crippen molar-refractivity contribution in [3.63, 3.8) is 0 Å². The van der Waals surface area contributed by atoms with Crippen molar-refractivity contribution in [2.75, 3.05) is 40.4 Å². The minimum absolute atomic E-state index is 0.198. The minimum Gasteiger partial charge on any atom is -0.377 e. The Kier molecular flexibility index (Phi) is 6.64. The first-order valence-electron chi connectivity index (χ1n) is 7.84. The summed E-state index contributed by atoms with van der Waals surface area (Å²) in [4.78, 5) is 2.44. The summed E-state index contributed by atoms with van der Waals surface area (Å²) in [5.74, 6) is 0. The van der Waals surface area contributed by atoms with E-state index in [0.717, 1.165) is 32.6 Å². The highest BCUT2D eigenvalue weighted by molar-refractivity contribution is 5.18. The van der Waals surface area contributed by atoms with Crippen molar-refractivity contribution in [1.82, 2.24) is 10.2 Å². The third-order valence-corrected chi connectivity index (χ3v) is 4.28. The summed E-state index contributed by atoms with van der Waals surface area (Å²) >= 11 is 0. The van der Waals surface area contributed by atoms with Gasteiger partial charge in [-0.1, -0.05) is 37.3 Å². The van der Waals surface area contributed by atoms with Crippen molar-refractivity contribution < 1.29 is 9.47 Å². The summed E-state index contributed by atoms with van der Waals surface area (Å²) in [6.07, 6.45) is 1.50. The van der Waals surface area contributed by atoms with Gasteiger partial charge in [0.05, 0.1) is 12.2 Å². The second-order valence-electron chi connectivity index (χ2n) is 5.62. The van der Waals surface area contributed by atoms with Gasteiger partial charge < -0.3 is 14.8 Å². The molecular weight excluding hydrogens is 264 g/mol. The van der Waals surface area contributed by atoms with Crippen LogP contribution in [-0.2, 0) is 9.47 Å². The molecule has 1 aromatic rings. The average Bonchev–Trinajstić information content (AvgIpc) is 2.94. The van der Waals surface area contributed by atoms with Gasteiger partial charge in [-0.25, -0.2) is 0 Å². The van der Waals surface area contributed by atoms with Crippen LogP contribution in [0.1, 0.15) is 24.9 Å². The maximum Gasteiger partial charge on any atom is 0.0971 e. The number of benzene rings is 1. The summed E-state index contributed by atoms with van der Waals surface area (Å²) in [6.45, 7) is 6.13. The van der Waals surface area contributed by atoms with E-state index >= 15 is 0 Å². The summed E-state index contributed by atoms with van der Waals surface area (Å²) in [5.41, 5.74) is 1.37. The average molecular weight is 292 g/mol. The van der Waals surface area contributed by atoms with Gasteiger partial charge in [0, 0.05) is 39.9 Å². The highest BCUT2D eigenvalue weighted by Crippen LogP contribution is 2.20. The van der Waals surface area contributed by atoms with Crippen molar-refractivity contribution in [3.05, 3.63) is 35.9 Å². The molecule has 1 fully saturated rings. The zero-order valence-electron chi connectivity index (χ0n) is 13.4. The van der Waals surface area contributed by atoms with E-state index in [2.05, 4.69) is 47.5 Å².